The number of thioether (sulfide) groups is 1. The van der Waals surface area contributed by atoms with Crippen molar-refractivity contribution in [2.24, 2.45) is 0 Å². The lowest BCUT2D eigenvalue weighted by Crippen LogP contribution is -2.27. The van der Waals surface area contributed by atoms with Gasteiger partial charge in [0.15, 0.2) is 11.5 Å². The van der Waals surface area contributed by atoms with Crippen molar-refractivity contribution >= 4 is 39.8 Å². The summed E-state index contributed by atoms with van der Waals surface area (Å²) in [7, 11) is 1.58. The molecule has 6 heteroatoms. The van der Waals surface area contributed by atoms with Gasteiger partial charge in [-0.3, -0.25) is 14.5 Å². The minimum Gasteiger partial charge on any atom is -0.493 e. The maximum atomic E-state index is 12.9. The van der Waals surface area contributed by atoms with Crippen LogP contribution in [0.1, 0.15) is 24.5 Å². The highest BCUT2D eigenvalue weighted by Crippen LogP contribution is 2.35. The van der Waals surface area contributed by atoms with Crippen LogP contribution in [0.2, 0.25) is 0 Å². The van der Waals surface area contributed by atoms with Crippen LogP contribution in [-0.2, 0) is 11.3 Å². The number of carbonyl (C=O) groups is 2. The fraction of sp³-hybridized carbons (Fsp3) is 0.200. The Hall–Kier alpha value is -3.25. The summed E-state index contributed by atoms with van der Waals surface area (Å²) in [4.78, 5) is 27.1. The Bertz CT molecular complexity index is 1170. The number of ether oxygens (including phenoxy) is 2. The molecule has 3 aromatic carbocycles. The Morgan fingerprint density at radius 3 is 2.55 bits per heavy atom. The molecule has 31 heavy (non-hydrogen) atoms. The van der Waals surface area contributed by atoms with Crippen molar-refractivity contribution in [2.45, 2.75) is 19.9 Å². The molecule has 2 amide bonds. The number of methoxy groups -OCH3 is 1. The second kappa shape index (κ2) is 9.27. The van der Waals surface area contributed by atoms with Crippen molar-refractivity contribution in [3.8, 4) is 11.5 Å². The molecule has 0 radical (unpaired) electrons. The molecule has 1 heterocycles. The summed E-state index contributed by atoms with van der Waals surface area (Å²) in [5.41, 5.74) is 1.69. The first-order chi connectivity index (χ1) is 15.1. The zero-order valence-electron chi connectivity index (χ0n) is 17.5. The summed E-state index contributed by atoms with van der Waals surface area (Å²) in [6.45, 7) is 2.89. The average Bonchev–Trinajstić information content (AvgIpc) is 3.05. The second-order valence-corrected chi connectivity index (χ2v) is 8.20. The van der Waals surface area contributed by atoms with E-state index in [0.29, 0.717) is 23.0 Å². The van der Waals surface area contributed by atoms with Crippen molar-refractivity contribution in [2.75, 3.05) is 13.7 Å². The zero-order valence-corrected chi connectivity index (χ0v) is 18.3. The molecule has 1 saturated heterocycles. The number of hydrogen-bond acceptors (Lipinski definition) is 5. The second-order valence-electron chi connectivity index (χ2n) is 7.21. The van der Waals surface area contributed by atoms with Crippen LogP contribution in [0.25, 0.3) is 16.8 Å². The van der Waals surface area contributed by atoms with Gasteiger partial charge < -0.3 is 9.47 Å². The van der Waals surface area contributed by atoms with Gasteiger partial charge in [0.1, 0.15) is 0 Å². The van der Waals surface area contributed by atoms with Crippen molar-refractivity contribution < 1.29 is 19.1 Å². The SMILES string of the molecule is CCCOc1ccc(/C=C2\SC(=O)N(Cc3ccc4ccccc4c3)C2=O)cc1OC. The van der Waals surface area contributed by atoms with Crippen molar-refractivity contribution in [1.82, 2.24) is 4.90 Å². The number of nitrogens with zero attached hydrogens (tertiary/aromatic N) is 1. The van der Waals surface area contributed by atoms with Crippen LogP contribution in [0.3, 0.4) is 0 Å². The zero-order chi connectivity index (χ0) is 21.8. The van der Waals surface area contributed by atoms with E-state index in [9.17, 15) is 9.59 Å². The number of amides is 2. The van der Waals surface area contributed by atoms with Gasteiger partial charge in [-0.05, 0) is 64.4 Å². The van der Waals surface area contributed by atoms with Crippen LogP contribution < -0.4 is 9.47 Å². The van der Waals surface area contributed by atoms with Crippen molar-refractivity contribution in [3.63, 3.8) is 0 Å². The maximum Gasteiger partial charge on any atom is 0.293 e. The molecule has 0 bridgehead atoms. The lowest BCUT2D eigenvalue weighted by molar-refractivity contribution is -0.123. The van der Waals surface area contributed by atoms with Gasteiger partial charge in [-0.1, -0.05) is 49.4 Å². The smallest absolute Gasteiger partial charge is 0.293 e. The summed E-state index contributed by atoms with van der Waals surface area (Å²) in [5, 5.41) is 1.94. The van der Waals surface area contributed by atoms with Crippen LogP contribution in [0.15, 0.2) is 65.6 Å². The van der Waals surface area contributed by atoms with E-state index in [2.05, 4.69) is 0 Å². The standard InChI is InChI=1S/C25H23NO4S/c1-3-12-30-21-11-9-17(14-22(21)29-2)15-23-24(27)26(25(28)31-23)16-18-8-10-19-6-4-5-7-20(19)13-18/h4-11,13-15H,3,12,16H2,1-2H3/b23-15-. The van der Waals surface area contributed by atoms with E-state index < -0.39 is 0 Å². The molecule has 0 saturated carbocycles. The monoisotopic (exact) mass is 433 g/mol. The van der Waals surface area contributed by atoms with Crippen LogP contribution in [0.5, 0.6) is 11.5 Å². The van der Waals surface area contributed by atoms with Gasteiger partial charge in [-0.2, -0.15) is 0 Å². The van der Waals surface area contributed by atoms with Gasteiger partial charge in [0.2, 0.25) is 0 Å². The first-order valence-electron chi connectivity index (χ1n) is 10.1. The van der Waals surface area contributed by atoms with Gasteiger partial charge in [-0.25, -0.2) is 0 Å². The first-order valence-corrected chi connectivity index (χ1v) is 10.9. The normalized spacial score (nSPS) is 15.2. The largest absolute Gasteiger partial charge is 0.493 e. The minimum atomic E-state index is -0.284. The average molecular weight is 434 g/mol. The van der Waals surface area contributed by atoms with Crippen LogP contribution in [0, 0.1) is 0 Å². The molecule has 0 unspecified atom stereocenters. The number of imide groups is 1. The van der Waals surface area contributed by atoms with E-state index in [1.807, 2.05) is 67.6 Å². The van der Waals surface area contributed by atoms with E-state index in [4.69, 9.17) is 9.47 Å². The summed E-state index contributed by atoms with van der Waals surface area (Å²) in [6.07, 6.45) is 2.62. The number of benzene rings is 3. The Morgan fingerprint density at radius 1 is 0.968 bits per heavy atom. The highest BCUT2D eigenvalue weighted by molar-refractivity contribution is 8.18. The summed E-state index contributed by atoms with van der Waals surface area (Å²) < 4.78 is 11.1. The molecular weight excluding hydrogens is 410 g/mol. The first kappa shape index (κ1) is 21.0. The highest BCUT2D eigenvalue weighted by atomic mass is 32.2. The molecule has 1 aliphatic rings. The minimum absolute atomic E-state index is 0.250. The third-order valence-electron chi connectivity index (χ3n) is 4.98. The Balaban J connectivity index is 1.54. The molecule has 1 aliphatic heterocycles. The number of hydrogen-bond donors (Lipinski definition) is 0. The Labute approximate surface area is 185 Å². The molecule has 4 rings (SSSR count). The fourth-order valence-electron chi connectivity index (χ4n) is 3.41. The van der Waals surface area contributed by atoms with Crippen LogP contribution in [0.4, 0.5) is 4.79 Å². The van der Waals surface area contributed by atoms with E-state index >= 15 is 0 Å². The third-order valence-corrected chi connectivity index (χ3v) is 5.88. The van der Waals surface area contributed by atoms with E-state index in [-0.39, 0.29) is 17.7 Å². The third kappa shape index (κ3) is 4.59. The summed E-state index contributed by atoms with van der Waals surface area (Å²) >= 11 is 0.958. The molecule has 0 spiro atoms. The highest BCUT2D eigenvalue weighted by Gasteiger charge is 2.35. The van der Waals surface area contributed by atoms with Gasteiger partial charge in [0.05, 0.1) is 25.2 Å². The molecule has 0 N–H and O–H groups in total. The topological polar surface area (TPSA) is 55.8 Å². The number of fused-ring (bicyclic) bond motifs is 1. The molecule has 0 atom stereocenters. The predicted octanol–water partition coefficient (Wildman–Crippen LogP) is 5.87. The molecule has 3 aromatic rings. The number of rotatable bonds is 7. The number of carbonyl (C=O) groups excluding carboxylic acids is 2. The lowest BCUT2D eigenvalue weighted by atomic mass is 10.1. The predicted molar refractivity (Wildman–Crippen MR) is 124 cm³/mol. The molecule has 1 fully saturated rings. The van der Waals surface area contributed by atoms with E-state index in [1.165, 1.54) is 4.90 Å². The van der Waals surface area contributed by atoms with E-state index in [0.717, 1.165) is 40.1 Å². The Morgan fingerprint density at radius 2 is 1.77 bits per heavy atom. The van der Waals surface area contributed by atoms with Crippen LogP contribution >= 0.6 is 11.8 Å². The van der Waals surface area contributed by atoms with Crippen molar-refractivity contribution in [1.29, 1.82) is 0 Å². The molecule has 5 nitrogen and oxygen atoms in total. The Kier molecular flexibility index (Phi) is 6.28. The molecule has 0 aromatic heterocycles. The van der Waals surface area contributed by atoms with Gasteiger partial charge in [-0.15, -0.1) is 0 Å². The van der Waals surface area contributed by atoms with Gasteiger partial charge in [0, 0.05) is 0 Å². The quantitative estimate of drug-likeness (QED) is 0.436. The lowest BCUT2D eigenvalue weighted by Gasteiger charge is -2.13. The van der Waals surface area contributed by atoms with Gasteiger partial charge >= 0.3 is 0 Å². The van der Waals surface area contributed by atoms with E-state index in [1.54, 1.807) is 13.2 Å². The molecule has 158 valence electrons. The fourth-order valence-corrected chi connectivity index (χ4v) is 4.25. The molecule has 0 aliphatic carbocycles. The van der Waals surface area contributed by atoms with Crippen LogP contribution in [-0.4, -0.2) is 29.8 Å². The summed E-state index contributed by atoms with van der Waals surface area (Å²) in [6, 6.07) is 19.5. The van der Waals surface area contributed by atoms with Crippen molar-refractivity contribution in [3.05, 3.63) is 76.7 Å². The summed E-state index contributed by atoms with van der Waals surface area (Å²) in [5.74, 6) is 0.969. The maximum absolute atomic E-state index is 12.9. The van der Waals surface area contributed by atoms with Gasteiger partial charge in [0.25, 0.3) is 11.1 Å². The molecular formula is C25H23NO4S.